The van der Waals surface area contributed by atoms with Gasteiger partial charge in [-0.3, -0.25) is 4.79 Å². The Morgan fingerprint density at radius 2 is 2.00 bits per heavy atom. The molecule has 1 saturated carbocycles. The normalized spacial score (nSPS) is 20.2. The van der Waals surface area contributed by atoms with Crippen molar-refractivity contribution in [3.63, 3.8) is 0 Å². The Morgan fingerprint density at radius 3 is 2.64 bits per heavy atom. The minimum Gasteiger partial charge on any atom is -0.399 e. The smallest absolute Gasteiger partial charge is 0.399 e. The van der Waals surface area contributed by atoms with Crippen molar-refractivity contribution in [2.45, 2.75) is 45.1 Å². The molecule has 0 unspecified atom stereocenters. The summed E-state index contributed by atoms with van der Waals surface area (Å²) in [5.41, 5.74) is 6.98. The first kappa shape index (κ1) is 22.2. The number of anilines is 2. The number of amides is 1. The van der Waals surface area contributed by atoms with Crippen molar-refractivity contribution in [3.05, 3.63) is 45.9 Å². The Bertz CT molecular complexity index is 1110. The molecule has 4 N–H and O–H groups in total. The zero-order chi connectivity index (χ0) is 23.5. The predicted molar refractivity (Wildman–Crippen MR) is 117 cm³/mol. The van der Waals surface area contributed by atoms with Gasteiger partial charge in [-0.05, 0) is 60.5 Å². The standard InChI is InChI=1S/C22H24ClF3N6O/c1-11(12-2-14(22(24,25)26)4-15(27)3-12)29-18-16-7-32(8-17(16)30-20(23)31-18)19(33)13-5-21(6-13)9-28-10-21/h2-4,11,13,28H,5-10,27H2,1H3,(H,29,30,31)/t11-/m1/s1. The van der Waals surface area contributed by atoms with Crippen molar-refractivity contribution in [3.8, 4) is 0 Å². The Labute approximate surface area is 193 Å². The summed E-state index contributed by atoms with van der Waals surface area (Å²) in [5, 5.41) is 6.44. The number of hydrogen-bond donors (Lipinski definition) is 3. The molecule has 2 aliphatic heterocycles. The third-order valence-electron chi connectivity index (χ3n) is 6.93. The zero-order valence-corrected chi connectivity index (χ0v) is 18.7. The van der Waals surface area contributed by atoms with Crippen LogP contribution in [0.5, 0.6) is 0 Å². The average molecular weight is 481 g/mol. The van der Waals surface area contributed by atoms with E-state index in [0.29, 0.717) is 35.6 Å². The predicted octanol–water partition coefficient (Wildman–Crippen LogP) is 3.75. The van der Waals surface area contributed by atoms with Crippen LogP contribution in [0.15, 0.2) is 18.2 Å². The molecule has 1 spiro atoms. The fraction of sp³-hybridized carbons (Fsp3) is 0.500. The Morgan fingerprint density at radius 1 is 1.27 bits per heavy atom. The maximum Gasteiger partial charge on any atom is 0.416 e. The summed E-state index contributed by atoms with van der Waals surface area (Å²) in [5.74, 6) is 0.539. The van der Waals surface area contributed by atoms with Crippen molar-refractivity contribution in [2.75, 3.05) is 24.1 Å². The summed E-state index contributed by atoms with van der Waals surface area (Å²) in [6.45, 7) is 4.36. The number of benzene rings is 1. The highest BCUT2D eigenvalue weighted by molar-refractivity contribution is 6.28. The van der Waals surface area contributed by atoms with Gasteiger partial charge in [0.1, 0.15) is 5.82 Å². The monoisotopic (exact) mass is 480 g/mol. The topological polar surface area (TPSA) is 96.2 Å². The van der Waals surface area contributed by atoms with Crippen LogP contribution in [-0.2, 0) is 24.1 Å². The summed E-state index contributed by atoms with van der Waals surface area (Å²) in [6.07, 6.45) is -2.70. The number of rotatable bonds is 4. The van der Waals surface area contributed by atoms with Crippen LogP contribution in [-0.4, -0.2) is 33.9 Å². The lowest BCUT2D eigenvalue weighted by Gasteiger charge is -2.54. The van der Waals surface area contributed by atoms with Gasteiger partial charge in [-0.15, -0.1) is 0 Å². The highest BCUT2D eigenvalue weighted by Gasteiger charge is 2.52. The van der Waals surface area contributed by atoms with E-state index in [-0.39, 0.29) is 22.8 Å². The van der Waals surface area contributed by atoms with Crippen molar-refractivity contribution in [2.24, 2.45) is 11.3 Å². The largest absolute Gasteiger partial charge is 0.416 e. The molecule has 2 fully saturated rings. The van der Waals surface area contributed by atoms with Crippen molar-refractivity contribution in [1.82, 2.24) is 20.2 Å². The maximum atomic E-state index is 13.2. The zero-order valence-electron chi connectivity index (χ0n) is 18.0. The minimum atomic E-state index is -4.50. The van der Waals surface area contributed by atoms with E-state index < -0.39 is 17.8 Å². The Balaban J connectivity index is 1.33. The lowest BCUT2D eigenvalue weighted by molar-refractivity contribution is -0.146. The van der Waals surface area contributed by atoms with E-state index in [9.17, 15) is 18.0 Å². The number of alkyl halides is 3. The van der Waals surface area contributed by atoms with Gasteiger partial charge in [0.15, 0.2) is 0 Å². The first-order valence-corrected chi connectivity index (χ1v) is 11.2. The highest BCUT2D eigenvalue weighted by Crippen LogP contribution is 2.49. The molecule has 11 heteroatoms. The third-order valence-corrected chi connectivity index (χ3v) is 7.10. The van der Waals surface area contributed by atoms with Crippen molar-refractivity contribution >= 4 is 29.0 Å². The van der Waals surface area contributed by atoms with Crippen LogP contribution >= 0.6 is 11.6 Å². The average Bonchev–Trinajstić information content (AvgIpc) is 3.08. The van der Waals surface area contributed by atoms with E-state index in [4.69, 9.17) is 17.3 Å². The molecule has 0 radical (unpaired) electrons. The molecule has 1 atom stereocenters. The molecule has 0 bridgehead atoms. The molecular weight excluding hydrogens is 457 g/mol. The number of halogens is 4. The summed E-state index contributed by atoms with van der Waals surface area (Å²) >= 11 is 6.12. The number of aromatic nitrogens is 2. The van der Waals surface area contributed by atoms with Gasteiger partial charge in [-0.25, -0.2) is 9.97 Å². The van der Waals surface area contributed by atoms with E-state index in [1.807, 2.05) is 0 Å². The van der Waals surface area contributed by atoms with Crippen LogP contribution in [0, 0.1) is 11.3 Å². The summed E-state index contributed by atoms with van der Waals surface area (Å²) in [4.78, 5) is 23.3. The Hall–Kier alpha value is -2.59. The lowest BCUT2D eigenvalue weighted by Crippen LogP contribution is -2.62. The number of hydrogen-bond acceptors (Lipinski definition) is 6. The second-order valence-electron chi connectivity index (χ2n) is 9.42. The number of carbonyl (C=O) groups excluding carboxylic acids is 1. The van der Waals surface area contributed by atoms with Gasteiger partial charge in [-0.2, -0.15) is 13.2 Å². The Kier molecular flexibility index (Phi) is 5.20. The molecule has 1 amide bonds. The number of carbonyl (C=O) groups is 1. The summed E-state index contributed by atoms with van der Waals surface area (Å²) < 4.78 is 39.6. The molecule has 7 nitrogen and oxygen atoms in total. The van der Waals surface area contributed by atoms with Crippen LogP contribution in [0.4, 0.5) is 24.7 Å². The fourth-order valence-corrected chi connectivity index (χ4v) is 5.25. The van der Waals surface area contributed by atoms with Crippen LogP contribution in [0.2, 0.25) is 5.28 Å². The lowest BCUT2D eigenvalue weighted by atomic mass is 9.58. The van der Waals surface area contributed by atoms with Gasteiger partial charge in [0, 0.05) is 30.3 Å². The molecule has 1 aliphatic carbocycles. The molecule has 5 rings (SSSR count). The molecule has 1 aromatic heterocycles. The molecule has 3 aliphatic rings. The van der Waals surface area contributed by atoms with Crippen LogP contribution in [0.3, 0.4) is 0 Å². The van der Waals surface area contributed by atoms with Crippen LogP contribution < -0.4 is 16.4 Å². The number of nitrogens with zero attached hydrogens (tertiary/aromatic N) is 3. The number of nitrogens with one attached hydrogen (secondary N) is 2. The molecular formula is C22H24ClF3N6O. The number of fused-ring (bicyclic) bond motifs is 1. The second-order valence-corrected chi connectivity index (χ2v) is 9.76. The van der Waals surface area contributed by atoms with Gasteiger partial charge >= 0.3 is 6.18 Å². The van der Waals surface area contributed by atoms with Crippen LogP contribution in [0.25, 0.3) is 0 Å². The number of nitrogens with two attached hydrogens (primary N) is 1. The second kappa shape index (κ2) is 7.73. The maximum absolute atomic E-state index is 13.2. The van der Waals surface area contributed by atoms with E-state index in [0.717, 1.165) is 43.6 Å². The fourth-order valence-electron chi connectivity index (χ4n) is 5.06. The third kappa shape index (κ3) is 4.10. The molecule has 2 aromatic rings. The van der Waals surface area contributed by atoms with E-state index >= 15 is 0 Å². The van der Waals surface area contributed by atoms with Gasteiger partial charge in [-0.1, -0.05) is 0 Å². The highest BCUT2D eigenvalue weighted by atomic mass is 35.5. The molecule has 1 aromatic carbocycles. The first-order chi connectivity index (χ1) is 15.5. The first-order valence-electron chi connectivity index (χ1n) is 10.8. The van der Waals surface area contributed by atoms with Crippen molar-refractivity contribution in [1.29, 1.82) is 0 Å². The molecule has 33 heavy (non-hydrogen) atoms. The molecule has 3 heterocycles. The molecule has 1 saturated heterocycles. The SMILES string of the molecule is C[C@@H](Nc1nc(Cl)nc2c1CN(C(=O)C1CC3(CNC3)C1)C2)c1cc(N)cc(C(F)(F)F)c1. The van der Waals surface area contributed by atoms with Crippen molar-refractivity contribution < 1.29 is 18.0 Å². The minimum absolute atomic E-state index is 0.0180. The van der Waals surface area contributed by atoms with Gasteiger partial charge < -0.3 is 21.3 Å². The van der Waals surface area contributed by atoms with E-state index in [1.165, 1.54) is 6.07 Å². The van der Waals surface area contributed by atoms with Gasteiger partial charge in [0.05, 0.1) is 30.4 Å². The quantitative estimate of drug-likeness (QED) is 0.455. The number of nitrogen functional groups attached to an aromatic ring is 1. The summed E-state index contributed by atoms with van der Waals surface area (Å²) in [7, 11) is 0. The molecule has 176 valence electrons. The van der Waals surface area contributed by atoms with Crippen LogP contribution in [0.1, 0.15) is 48.2 Å². The van der Waals surface area contributed by atoms with E-state index in [2.05, 4.69) is 20.6 Å². The summed E-state index contributed by atoms with van der Waals surface area (Å²) in [6, 6.07) is 2.93. The van der Waals surface area contributed by atoms with Gasteiger partial charge in [0.2, 0.25) is 11.2 Å². The van der Waals surface area contributed by atoms with Gasteiger partial charge in [0.25, 0.3) is 0 Å². The van der Waals surface area contributed by atoms with E-state index in [1.54, 1.807) is 11.8 Å².